The van der Waals surface area contributed by atoms with Gasteiger partial charge in [-0.25, -0.2) is 0 Å². The first kappa shape index (κ1) is 19.6. The van der Waals surface area contributed by atoms with Crippen molar-refractivity contribution in [3.63, 3.8) is 0 Å². The Kier molecular flexibility index (Phi) is 7.74. The molecule has 3 N–H and O–H groups in total. The smallest absolute Gasteiger partial charge is 0.263 e. The summed E-state index contributed by atoms with van der Waals surface area (Å²) in [4.78, 5) is 14.4. The van der Waals surface area contributed by atoms with Gasteiger partial charge in [-0.05, 0) is 12.1 Å². The van der Waals surface area contributed by atoms with Crippen LogP contribution in [-0.4, -0.2) is 64.3 Å². The Morgan fingerprint density at radius 1 is 1.31 bits per heavy atom. The lowest BCUT2D eigenvalue weighted by Gasteiger charge is -2.27. The van der Waals surface area contributed by atoms with E-state index in [9.17, 15) is 10.1 Å². The van der Waals surface area contributed by atoms with Gasteiger partial charge in [-0.2, -0.15) is 5.26 Å². The maximum absolute atomic E-state index is 12.1. The van der Waals surface area contributed by atoms with E-state index in [0.29, 0.717) is 23.7 Å². The first-order chi connectivity index (χ1) is 12.7. The summed E-state index contributed by atoms with van der Waals surface area (Å²) in [6.07, 6.45) is 1.39. The van der Waals surface area contributed by atoms with Crippen LogP contribution in [0.4, 0.5) is 5.69 Å². The van der Waals surface area contributed by atoms with Crippen LogP contribution in [0.25, 0.3) is 0 Å². The van der Waals surface area contributed by atoms with Crippen LogP contribution in [-0.2, 0) is 4.79 Å². The largest absolute Gasteiger partial charge is 0.493 e. The van der Waals surface area contributed by atoms with Gasteiger partial charge >= 0.3 is 0 Å². The van der Waals surface area contributed by atoms with Crippen molar-refractivity contribution in [3.05, 3.63) is 30.0 Å². The van der Waals surface area contributed by atoms with Crippen LogP contribution in [0.2, 0.25) is 0 Å². The molecule has 0 aliphatic carbocycles. The summed E-state index contributed by atoms with van der Waals surface area (Å²) < 4.78 is 10.4. The number of anilines is 1. The fourth-order valence-electron chi connectivity index (χ4n) is 2.59. The fourth-order valence-corrected chi connectivity index (χ4v) is 2.59. The molecule has 26 heavy (non-hydrogen) atoms. The van der Waals surface area contributed by atoms with E-state index in [1.54, 1.807) is 32.4 Å². The van der Waals surface area contributed by atoms with Crippen molar-refractivity contribution in [1.29, 1.82) is 5.26 Å². The van der Waals surface area contributed by atoms with Crippen LogP contribution in [0.5, 0.6) is 11.5 Å². The van der Waals surface area contributed by atoms with Crippen molar-refractivity contribution in [2.24, 2.45) is 0 Å². The third-order valence-electron chi connectivity index (χ3n) is 4.05. The molecule has 0 aromatic heterocycles. The molecule has 1 amide bonds. The number of ether oxygens (including phenoxy) is 2. The predicted octanol–water partition coefficient (Wildman–Crippen LogP) is 0.545. The van der Waals surface area contributed by atoms with Gasteiger partial charge in [0.05, 0.1) is 14.2 Å². The number of nitriles is 1. The molecule has 0 spiro atoms. The van der Waals surface area contributed by atoms with E-state index in [1.807, 2.05) is 6.07 Å². The number of carbonyl (C=O) groups is 1. The first-order valence-corrected chi connectivity index (χ1v) is 8.48. The number of methoxy groups -OCH3 is 2. The van der Waals surface area contributed by atoms with E-state index in [0.717, 1.165) is 32.7 Å². The molecule has 1 aliphatic heterocycles. The van der Waals surface area contributed by atoms with Crippen LogP contribution in [0.15, 0.2) is 30.0 Å². The first-order valence-electron chi connectivity index (χ1n) is 8.48. The third-order valence-corrected chi connectivity index (χ3v) is 4.05. The minimum absolute atomic E-state index is 0.0140. The van der Waals surface area contributed by atoms with E-state index in [4.69, 9.17) is 9.47 Å². The number of nitrogens with zero attached hydrogens (tertiary/aromatic N) is 2. The number of nitrogens with one attached hydrogen (secondary N) is 3. The molecule has 0 bridgehead atoms. The Balaban J connectivity index is 1.88. The van der Waals surface area contributed by atoms with E-state index >= 15 is 0 Å². The molecule has 140 valence electrons. The zero-order valence-electron chi connectivity index (χ0n) is 15.2. The maximum Gasteiger partial charge on any atom is 0.263 e. The minimum atomic E-state index is -0.393. The van der Waals surface area contributed by atoms with Crippen LogP contribution in [0.3, 0.4) is 0 Å². The van der Waals surface area contributed by atoms with Crippen molar-refractivity contribution < 1.29 is 14.3 Å². The molecule has 1 aromatic carbocycles. The van der Waals surface area contributed by atoms with Gasteiger partial charge < -0.3 is 25.4 Å². The Hall–Kier alpha value is -2.76. The molecule has 0 saturated carbocycles. The average Bonchev–Trinajstić information content (AvgIpc) is 2.69. The van der Waals surface area contributed by atoms with Gasteiger partial charge in [0.2, 0.25) is 0 Å². The predicted molar refractivity (Wildman–Crippen MR) is 99.2 cm³/mol. The molecule has 1 heterocycles. The summed E-state index contributed by atoms with van der Waals surface area (Å²) in [5.74, 6) is 0.772. The van der Waals surface area contributed by atoms with Gasteiger partial charge in [0.1, 0.15) is 11.6 Å². The molecular weight excluding hydrogens is 334 g/mol. The van der Waals surface area contributed by atoms with Gasteiger partial charge in [-0.3, -0.25) is 9.69 Å². The van der Waals surface area contributed by atoms with Crippen molar-refractivity contribution in [3.8, 4) is 17.6 Å². The highest BCUT2D eigenvalue weighted by atomic mass is 16.5. The lowest BCUT2D eigenvalue weighted by Crippen LogP contribution is -2.46. The van der Waals surface area contributed by atoms with Gasteiger partial charge in [0.25, 0.3) is 5.91 Å². The topological polar surface area (TPSA) is 98.6 Å². The van der Waals surface area contributed by atoms with Crippen LogP contribution < -0.4 is 25.4 Å². The molecule has 1 aliphatic rings. The lowest BCUT2D eigenvalue weighted by atomic mass is 10.2. The third kappa shape index (κ3) is 5.65. The van der Waals surface area contributed by atoms with Crippen molar-refractivity contribution >= 4 is 11.6 Å². The standard InChI is InChI=1S/C18H25N5O3/c1-25-16-4-3-15(11-17(16)26-2)22-13-14(12-19)18(24)21-7-10-23-8-5-20-6-9-23/h3-4,11,13,20,22H,5-10H2,1-2H3,(H,21,24)/b14-13-. The number of hydrogen-bond donors (Lipinski definition) is 3. The quantitative estimate of drug-likeness (QED) is 0.460. The molecular formula is C18H25N5O3. The highest BCUT2D eigenvalue weighted by Crippen LogP contribution is 2.29. The summed E-state index contributed by atoms with van der Waals surface area (Å²) >= 11 is 0. The van der Waals surface area contributed by atoms with E-state index in [1.165, 1.54) is 6.20 Å². The molecule has 8 heteroatoms. The van der Waals surface area contributed by atoms with E-state index < -0.39 is 5.91 Å². The number of carbonyl (C=O) groups excluding carboxylic acids is 1. The average molecular weight is 359 g/mol. The SMILES string of the molecule is COc1ccc(N/C=C(/C#N)C(=O)NCCN2CCNCC2)cc1OC. The molecule has 0 radical (unpaired) electrons. The molecule has 2 rings (SSSR count). The zero-order chi connectivity index (χ0) is 18.8. The summed E-state index contributed by atoms with van der Waals surface area (Å²) in [6.45, 7) is 5.15. The van der Waals surface area contributed by atoms with Gasteiger partial charge in [-0.15, -0.1) is 0 Å². The number of piperazine rings is 1. The summed E-state index contributed by atoms with van der Waals surface area (Å²) in [5.41, 5.74) is 0.698. The van der Waals surface area contributed by atoms with Gasteiger partial charge in [0, 0.05) is 57.2 Å². The molecule has 8 nitrogen and oxygen atoms in total. The second-order valence-electron chi connectivity index (χ2n) is 5.73. The lowest BCUT2D eigenvalue weighted by molar-refractivity contribution is -0.117. The highest BCUT2D eigenvalue weighted by molar-refractivity contribution is 5.97. The Labute approximate surface area is 153 Å². The zero-order valence-corrected chi connectivity index (χ0v) is 15.2. The second kappa shape index (κ2) is 10.3. The van der Waals surface area contributed by atoms with E-state index in [2.05, 4.69) is 20.9 Å². The number of benzene rings is 1. The summed E-state index contributed by atoms with van der Waals surface area (Å²) in [5, 5.41) is 18.2. The Bertz CT molecular complexity index is 678. The summed E-state index contributed by atoms with van der Waals surface area (Å²) in [6, 6.07) is 7.17. The highest BCUT2D eigenvalue weighted by Gasteiger charge is 2.12. The minimum Gasteiger partial charge on any atom is -0.493 e. The molecule has 1 aromatic rings. The summed E-state index contributed by atoms with van der Waals surface area (Å²) in [7, 11) is 3.10. The van der Waals surface area contributed by atoms with Crippen molar-refractivity contribution in [1.82, 2.24) is 15.5 Å². The number of rotatable bonds is 8. The normalized spacial score (nSPS) is 15.0. The van der Waals surface area contributed by atoms with Crippen LogP contribution in [0, 0.1) is 11.3 Å². The second-order valence-corrected chi connectivity index (χ2v) is 5.73. The Morgan fingerprint density at radius 2 is 2.04 bits per heavy atom. The maximum atomic E-state index is 12.1. The van der Waals surface area contributed by atoms with Crippen molar-refractivity contribution in [2.75, 3.05) is 58.8 Å². The number of amides is 1. The molecule has 1 saturated heterocycles. The Morgan fingerprint density at radius 3 is 2.69 bits per heavy atom. The van der Waals surface area contributed by atoms with Gasteiger partial charge in [0.15, 0.2) is 11.5 Å². The van der Waals surface area contributed by atoms with E-state index in [-0.39, 0.29) is 5.57 Å². The van der Waals surface area contributed by atoms with Crippen molar-refractivity contribution in [2.45, 2.75) is 0 Å². The van der Waals surface area contributed by atoms with Crippen LogP contribution >= 0.6 is 0 Å². The van der Waals surface area contributed by atoms with Crippen LogP contribution in [0.1, 0.15) is 0 Å². The fraction of sp³-hybridized carbons (Fsp3) is 0.444. The monoisotopic (exact) mass is 359 g/mol. The molecule has 0 unspecified atom stereocenters. The van der Waals surface area contributed by atoms with Gasteiger partial charge in [-0.1, -0.05) is 0 Å². The molecule has 1 fully saturated rings. The number of hydrogen-bond acceptors (Lipinski definition) is 7. The molecule has 0 atom stereocenters.